The molecule has 0 amide bonds. The van der Waals surface area contributed by atoms with Crippen LogP contribution in [0.15, 0.2) is 47.4 Å². The molecule has 4 nitrogen and oxygen atoms in total. The van der Waals surface area contributed by atoms with Crippen LogP contribution in [-0.2, 0) is 15.6 Å². The first-order chi connectivity index (χ1) is 13.5. The van der Waals surface area contributed by atoms with E-state index in [1.54, 1.807) is 6.07 Å². The summed E-state index contributed by atoms with van der Waals surface area (Å²) in [6.07, 6.45) is -12.1. The van der Waals surface area contributed by atoms with E-state index in [1.165, 1.54) is 38.1 Å². The van der Waals surface area contributed by atoms with Crippen molar-refractivity contribution in [1.82, 2.24) is 0 Å². The molecule has 0 radical (unpaired) electrons. The minimum absolute atomic E-state index is 0.128. The third kappa shape index (κ3) is 4.27. The molecule has 166 valence electrons. The Labute approximate surface area is 169 Å². The maximum atomic E-state index is 13.3. The average Bonchev–Trinajstić information content (AvgIpc) is 2.61. The van der Waals surface area contributed by atoms with Crippen LogP contribution in [0, 0.1) is 6.92 Å². The van der Waals surface area contributed by atoms with Crippen LogP contribution < -0.4 is 4.72 Å². The molecule has 0 aliphatic rings. The summed E-state index contributed by atoms with van der Waals surface area (Å²) >= 11 is 0. The van der Waals surface area contributed by atoms with Gasteiger partial charge in [-0.1, -0.05) is 38.1 Å². The smallest absolute Gasteiger partial charge is 0.369 e. The minimum atomic E-state index is -6.04. The van der Waals surface area contributed by atoms with Crippen LogP contribution >= 0.6 is 0 Å². The lowest BCUT2D eigenvalue weighted by molar-refractivity contribution is -0.376. The number of nitrogens with one attached hydrogen (secondary N) is 1. The molecule has 0 saturated heterocycles. The summed E-state index contributed by atoms with van der Waals surface area (Å²) in [6.45, 7) is 4.10. The van der Waals surface area contributed by atoms with Crippen LogP contribution in [0.4, 0.5) is 32.0 Å². The molecule has 0 spiro atoms. The van der Waals surface area contributed by atoms with Gasteiger partial charge in [-0.3, -0.25) is 4.72 Å². The van der Waals surface area contributed by atoms with Crippen molar-refractivity contribution in [2.24, 2.45) is 0 Å². The predicted octanol–water partition coefficient (Wildman–Crippen LogP) is 5.23. The zero-order valence-electron chi connectivity index (χ0n) is 16.1. The van der Waals surface area contributed by atoms with E-state index in [9.17, 15) is 39.9 Å². The predicted molar refractivity (Wildman–Crippen MR) is 98.5 cm³/mol. The molecule has 2 aromatic rings. The molecule has 0 aliphatic heterocycles. The van der Waals surface area contributed by atoms with Crippen molar-refractivity contribution in [2.75, 3.05) is 4.72 Å². The molecule has 0 aliphatic carbocycles. The number of halogens is 6. The molecule has 0 saturated carbocycles. The van der Waals surface area contributed by atoms with Crippen LogP contribution in [0.3, 0.4) is 0 Å². The second kappa shape index (κ2) is 7.77. The van der Waals surface area contributed by atoms with E-state index < -0.39 is 39.5 Å². The van der Waals surface area contributed by atoms with Crippen LogP contribution in [0.25, 0.3) is 0 Å². The van der Waals surface area contributed by atoms with E-state index in [0.717, 1.165) is 6.92 Å². The maximum absolute atomic E-state index is 13.3. The zero-order chi connectivity index (χ0) is 23.1. The quantitative estimate of drug-likeness (QED) is 0.607. The summed E-state index contributed by atoms with van der Waals surface area (Å²) in [5.41, 5.74) is -7.03. The fourth-order valence-electron chi connectivity index (χ4n) is 2.90. The van der Waals surface area contributed by atoms with E-state index >= 15 is 0 Å². The van der Waals surface area contributed by atoms with Gasteiger partial charge >= 0.3 is 12.4 Å². The van der Waals surface area contributed by atoms with Gasteiger partial charge in [-0.15, -0.1) is 0 Å². The second-order valence-corrected chi connectivity index (χ2v) is 8.72. The van der Waals surface area contributed by atoms with Crippen LogP contribution in [0.1, 0.15) is 36.5 Å². The average molecular weight is 455 g/mol. The molecule has 0 fully saturated rings. The molecular weight excluding hydrogens is 436 g/mol. The van der Waals surface area contributed by atoms with E-state index in [0.29, 0.717) is 12.1 Å². The Bertz CT molecular complexity index is 1000. The highest BCUT2D eigenvalue weighted by Gasteiger charge is 2.71. The number of rotatable bonds is 5. The third-order valence-corrected chi connectivity index (χ3v) is 5.88. The zero-order valence-corrected chi connectivity index (χ0v) is 16.9. The fraction of sp³-hybridized carbons (Fsp3) is 0.368. The minimum Gasteiger partial charge on any atom is -0.369 e. The van der Waals surface area contributed by atoms with Crippen molar-refractivity contribution in [2.45, 2.75) is 49.5 Å². The van der Waals surface area contributed by atoms with Gasteiger partial charge in [-0.2, -0.15) is 26.3 Å². The topological polar surface area (TPSA) is 66.4 Å². The normalized spacial score (nSPS) is 13.6. The highest BCUT2D eigenvalue weighted by Crippen LogP contribution is 2.51. The lowest BCUT2D eigenvalue weighted by Gasteiger charge is -2.34. The van der Waals surface area contributed by atoms with E-state index in [4.69, 9.17) is 0 Å². The Morgan fingerprint density at radius 2 is 1.43 bits per heavy atom. The largest absolute Gasteiger partial charge is 0.430 e. The van der Waals surface area contributed by atoms with Crippen molar-refractivity contribution in [3.05, 3.63) is 59.2 Å². The molecular formula is C19H19F6NO3S. The first kappa shape index (κ1) is 24.0. The lowest BCUT2D eigenvalue weighted by Crippen LogP contribution is -2.54. The highest BCUT2D eigenvalue weighted by atomic mass is 32.2. The number of sulfonamides is 1. The van der Waals surface area contributed by atoms with Gasteiger partial charge < -0.3 is 5.11 Å². The van der Waals surface area contributed by atoms with Gasteiger partial charge in [0.15, 0.2) is 0 Å². The molecule has 0 bridgehead atoms. The second-order valence-electron chi connectivity index (χ2n) is 7.04. The number of alkyl halides is 6. The van der Waals surface area contributed by atoms with Gasteiger partial charge in [0.1, 0.15) is 0 Å². The Kier molecular flexibility index (Phi) is 6.22. The Morgan fingerprint density at radius 1 is 0.933 bits per heavy atom. The van der Waals surface area contributed by atoms with Crippen molar-refractivity contribution < 1.29 is 39.9 Å². The maximum Gasteiger partial charge on any atom is 0.430 e. The number of anilines is 1. The lowest BCUT2D eigenvalue weighted by atomic mass is 9.86. The number of hydrogen-bond donors (Lipinski definition) is 2. The van der Waals surface area contributed by atoms with E-state index in [2.05, 4.69) is 4.72 Å². The van der Waals surface area contributed by atoms with Crippen molar-refractivity contribution in [1.29, 1.82) is 0 Å². The first-order valence-electron chi connectivity index (χ1n) is 8.61. The van der Waals surface area contributed by atoms with E-state index in [-0.39, 0.29) is 21.7 Å². The summed E-state index contributed by atoms with van der Waals surface area (Å²) in [4.78, 5) is -0.134. The Balaban J connectivity index is 2.70. The number of hydrogen-bond acceptors (Lipinski definition) is 3. The van der Waals surface area contributed by atoms with Crippen LogP contribution in [-0.4, -0.2) is 25.9 Å². The summed E-state index contributed by atoms with van der Waals surface area (Å²) in [6, 6.07) is 8.08. The fourth-order valence-corrected chi connectivity index (χ4v) is 4.08. The van der Waals surface area contributed by atoms with Gasteiger partial charge in [-0.05, 0) is 42.2 Å². The summed E-state index contributed by atoms with van der Waals surface area (Å²) in [7, 11) is -4.15. The summed E-state index contributed by atoms with van der Waals surface area (Å²) < 4.78 is 107. The van der Waals surface area contributed by atoms with Crippen molar-refractivity contribution in [3.63, 3.8) is 0 Å². The number of aryl methyl sites for hydroxylation is 1. The molecule has 2 aromatic carbocycles. The molecule has 2 rings (SSSR count). The van der Waals surface area contributed by atoms with Crippen molar-refractivity contribution >= 4 is 15.7 Å². The Hall–Kier alpha value is -2.27. The van der Waals surface area contributed by atoms with Gasteiger partial charge in [-0.25, -0.2) is 8.42 Å². The molecule has 30 heavy (non-hydrogen) atoms. The van der Waals surface area contributed by atoms with Gasteiger partial charge in [0.2, 0.25) is 0 Å². The first-order valence-corrected chi connectivity index (χ1v) is 10.1. The van der Waals surface area contributed by atoms with Gasteiger partial charge in [0.05, 0.1) is 10.6 Å². The molecule has 11 heteroatoms. The monoisotopic (exact) mass is 455 g/mol. The molecule has 2 N–H and O–H groups in total. The van der Waals surface area contributed by atoms with Crippen LogP contribution in [0.5, 0.6) is 0 Å². The van der Waals surface area contributed by atoms with Gasteiger partial charge in [0.25, 0.3) is 15.6 Å². The molecule has 0 aromatic heterocycles. The Morgan fingerprint density at radius 3 is 1.87 bits per heavy atom. The summed E-state index contributed by atoms with van der Waals surface area (Å²) in [5.74, 6) is -0.664. The summed E-state index contributed by atoms with van der Waals surface area (Å²) in [5, 5.41) is 9.70. The van der Waals surface area contributed by atoms with E-state index in [1.807, 2.05) is 0 Å². The van der Waals surface area contributed by atoms with Gasteiger partial charge in [0, 0.05) is 5.56 Å². The highest BCUT2D eigenvalue weighted by molar-refractivity contribution is 7.92. The number of aliphatic hydroxyl groups is 1. The SMILES string of the molecule is Cc1cc(C(O)(C(F)(F)F)C(F)(F)F)cc(C(C)C)c1NS(=O)(=O)c1ccccc1. The molecule has 0 unspecified atom stereocenters. The molecule has 0 atom stereocenters. The van der Waals surface area contributed by atoms with Crippen molar-refractivity contribution in [3.8, 4) is 0 Å². The standard InChI is InChI=1S/C19H19F6NO3S/c1-11(2)15-10-13(17(27,18(20,21)22)19(23,24)25)9-12(3)16(15)26-30(28,29)14-7-5-4-6-8-14/h4-11,26-27H,1-3H3. The van der Waals surface area contributed by atoms with Crippen LogP contribution in [0.2, 0.25) is 0 Å². The molecule has 0 heterocycles. The third-order valence-electron chi connectivity index (χ3n) is 4.52. The number of benzene rings is 2.